The van der Waals surface area contributed by atoms with Crippen LogP contribution in [0.2, 0.25) is 5.02 Å². The first-order valence-electron chi connectivity index (χ1n) is 10.2. The minimum absolute atomic E-state index is 0.111. The van der Waals surface area contributed by atoms with Gasteiger partial charge >= 0.3 is 5.57 Å². The van der Waals surface area contributed by atoms with E-state index in [-0.39, 0.29) is 22.9 Å². The molecule has 0 fully saturated rings. The number of carbonyl (C=O) groups excluding carboxylic acids is 1. The maximum absolute atomic E-state index is 13.2. The molecular weight excluding hydrogens is 521 g/mol. The predicted molar refractivity (Wildman–Crippen MR) is 131 cm³/mol. The van der Waals surface area contributed by atoms with Crippen molar-refractivity contribution in [3.63, 3.8) is 0 Å². The van der Waals surface area contributed by atoms with Crippen LogP contribution in [-0.4, -0.2) is 24.5 Å². The monoisotopic (exact) mass is 538 g/mol. The molecule has 11 heteroatoms. The summed E-state index contributed by atoms with van der Waals surface area (Å²) in [6.07, 6.45) is 1.44. The molecule has 1 heterocycles. The third-order valence-corrected chi connectivity index (χ3v) is 7.08. The highest BCUT2D eigenvalue weighted by atomic mass is 35.5. The van der Waals surface area contributed by atoms with E-state index < -0.39 is 21.3 Å². The molecular formula is C24H18Cl2F2N2O4S. The molecule has 1 amide bonds. The molecule has 6 nitrogen and oxygen atoms in total. The van der Waals surface area contributed by atoms with Gasteiger partial charge in [-0.15, -0.1) is 8.78 Å². The van der Waals surface area contributed by atoms with E-state index >= 15 is 0 Å². The van der Waals surface area contributed by atoms with Crippen LogP contribution in [0.25, 0.3) is 10.9 Å². The van der Waals surface area contributed by atoms with E-state index in [0.29, 0.717) is 27.2 Å². The lowest BCUT2D eigenvalue weighted by molar-refractivity contribution is -0.116. The van der Waals surface area contributed by atoms with Gasteiger partial charge in [0.25, 0.3) is 0 Å². The summed E-state index contributed by atoms with van der Waals surface area (Å²) in [4.78, 5) is 12.8. The van der Waals surface area contributed by atoms with Gasteiger partial charge in [0.2, 0.25) is 5.91 Å². The topological polar surface area (TPSA) is 77.4 Å². The summed E-state index contributed by atoms with van der Waals surface area (Å²) >= 11 is 10.6. The number of para-hydroxylation sites is 1. The highest BCUT2D eigenvalue weighted by molar-refractivity contribution is 7.90. The summed E-state index contributed by atoms with van der Waals surface area (Å²) in [5.41, 5.74) is -2.34. The molecule has 35 heavy (non-hydrogen) atoms. The number of amides is 1. The van der Waals surface area contributed by atoms with E-state index in [1.165, 1.54) is 30.5 Å². The van der Waals surface area contributed by atoms with Crippen molar-refractivity contribution in [3.05, 3.63) is 89.6 Å². The summed E-state index contributed by atoms with van der Waals surface area (Å²) < 4.78 is 57.7. The Kier molecular flexibility index (Phi) is 7.02. The van der Waals surface area contributed by atoms with Crippen molar-refractivity contribution in [2.24, 2.45) is 0 Å². The number of halogens is 4. The number of aromatic nitrogens is 1. The number of hydrogen-bond acceptors (Lipinski definition) is 4. The van der Waals surface area contributed by atoms with Crippen LogP contribution < -0.4 is 10.1 Å². The van der Waals surface area contributed by atoms with Crippen molar-refractivity contribution in [1.82, 2.24) is 4.57 Å². The van der Waals surface area contributed by atoms with Crippen LogP contribution >= 0.6 is 23.2 Å². The molecule has 182 valence electrons. The molecule has 0 unspecified atom stereocenters. The van der Waals surface area contributed by atoms with E-state index in [2.05, 4.69) is 10.1 Å². The fraction of sp³-hybridized carbons (Fsp3) is 0.125. The zero-order valence-corrected chi connectivity index (χ0v) is 20.2. The molecule has 0 saturated heterocycles. The molecule has 0 aliphatic heterocycles. The first-order valence-corrected chi connectivity index (χ1v) is 12.6. The fourth-order valence-electron chi connectivity index (χ4n) is 3.56. The summed E-state index contributed by atoms with van der Waals surface area (Å²) in [5.74, 6) is -0.834. The number of anilines is 1. The predicted octanol–water partition coefficient (Wildman–Crippen LogP) is 6.08. The van der Waals surface area contributed by atoms with Gasteiger partial charge in [0.15, 0.2) is 9.84 Å². The van der Waals surface area contributed by atoms with Gasteiger partial charge in [-0.3, -0.25) is 4.79 Å². The quantitative estimate of drug-likeness (QED) is 0.276. The molecule has 0 aliphatic carbocycles. The molecule has 0 atom stereocenters. The summed E-state index contributed by atoms with van der Waals surface area (Å²) in [5, 5.41) is 3.65. The maximum Gasteiger partial charge on any atom is 0.487 e. The number of nitrogens with zero attached hydrogens (tertiary/aromatic N) is 1. The van der Waals surface area contributed by atoms with Crippen molar-refractivity contribution in [2.45, 2.75) is 22.8 Å². The minimum atomic E-state index is -3.84. The molecule has 1 N–H and O–H groups in total. The maximum atomic E-state index is 13.2. The summed E-state index contributed by atoms with van der Waals surface area (Å²) in [7, 11) is -3.73. The van der Waals surface area contributed by atoms with E-state index in [0.717, 1.165) is 0 Å². The van der Waals surface area contributed by atoms with E-state index in [1.807, 2.05) is 0 Å². The Balaban J connectivity index is 1.54. The van der Waals surface area contributed by atoms with Gasteiger partial charge in [-0.25, -0.2) is 8.42 Å². The third kappa shape index (κ3) is 6.30. The lowest BCUT2D eigenvalue weighted by atomic mass is 10.2. The third-order valence-electron chi connectivity index (χ3n) is 5.04. The molecule has 3 aromatic carbocycles. The second-order valence-corrected chi connectivity index (χ2v) is 10.5. The number of sulfone groups is 1. The Morgan fingerprint density at radius 2 is 1.66 bits per heavy atom. The van der Waals surface area contributed by atoms with Crippen LogP contribution in [0.1, 0.15) is 5.56 Å². The smallest absolute Gasteiger partial charge is 0.420 e. The molecule has 0 radical (unpaired) electrons. The van der Waals surface area contributed by atoms with Crippen molar-refractivity contribution < 1.29 is 26.7 Å². The number of carbonyl (C=O) groups is 1. The van der Waals surface area contributed by atoms with E-state index in [4.69, 9.17) is 23.2 Å². The van der Waals surface area contributed by atoms with Crippen LogP contribution in [-0.2, 0) is 26.9 Å². The van der Waals surface area contributed by atoms with Gasteiger partial charge < -0.3 is 14.6 Å². The molecule has 1 aromatic heterocycles. The highest BCUT2D eigenvalue weighted by Crippen LogP contribution is 2.29. The second-order valence-electron chi connectivity index (χ2n) is 7.64. The molecule has 0 aliphatic rings. The van der Waals surface area contributed by atoms with Gasteiger partial charge in [-0.2, -0.15) is 0 Å². The number of rotatable bonds is 8. The Bertz CT molecular complexity index is 1470. The SMILES string of the molecule is O=C(Cn1cc(S(=O)(=O)Cc2ccc(Cl)cc2)c2ccccc21)Nc1ccc(OC(F)(F)Cl)cc1. The Morgan fingerprint density at radius 1 is 1.00 bits per heavy atom. The van der Waals surface area contributed by atoms with Gasteiger partial charge in [0.1, 0.15) is 12.3 Å². The first-order chi connectivity index (χ1) is 16.5. The van der Waals surface area contributed by atoms with Crippen LogP contribution in [0.15, 0.2) is 83.9 Å². The molecule has 0 spiro atoms. The lowest BCUT2D eigenvalue weighted by Crippen LogP contribution is -2.18. The second kappa shape index (κ2) is 9.85. The standard InChI is InChI=1S/C24H18Cl2F2N2O4S/c25-17-7-5-16(6-8-17)15-35(32,33)22-13-30(21-4-2-1-3-20(21)22)14-23(31)29-18-9-11-19(12-10-18)34-24(26,27)28/h1-13H,14-15H2,(H,29,31). The summed E-state index contributed by atoms with van der Waals surface area (Å²) in [6, 6.07) is 18.7. The van der Waals surface area contributed by atoms with Crippen LogP contribution in [0, 0.1) is 0 Å². The first kappa shape index (κ1) is 25.0. The number of ether oxygens (including phenoxy) is 1. The fourth-order valence-corrected chi connectivity index (χ4v) is 5.36. The van der Waals surface area contributed by atoms with E-state index in [1.54, 1.807) is 53.1 Å². The zero-order valence-electron chi connectivity index (χ0n) is 17.9. The average molecular weight is 539 g/mol. The van der Waals surface area contributed by atoms with Crippen molar-refractivity contribution >= 4 is 55.5 Å². The Hall–Kier alpha value is -3.14. The molecule has 4 aromatic rings. The molecule has 0 bridgehead atoms. The van der Waals surface area contributed by atoms with Gasteiger partial charge in [-0.1, -0.05) is 41.9 Å². The number of fused-ring (bicyclic) bond motifs is 1. The van der Waals surface area contributed by atoms with Crippen LogP contribution in [0.3, 0.4) is 0 Å². The molecule has 0 saturated carbocycles. The number of hydrogen-bond donors (Lipinski definition) is 1. The number of alkyl halides is 3. The Morgan fingerprint density at radius 3 is 2.31 bits per heavy atom. The number of nitrogens with one attached hydrogen (secondary N) is 1. The van der Waals surface area contributed by atoms with Crippen molar-refractivity contribution in [2.75, 3.05) is 5.32 Å². The molecule has 4 rings (SSSR count). The zero-order chi connectivity index (χ0) is 25.2. The van der Waals surface area contributed by atoms with Crippen molar-refractivity contribution in [3.8, 4) is 5.75 Å². The average Bonchev–Trinajstić information content (AvgIpc) is 3.15. The Labute approximate surface area is 209 Å². The number of benzene rings is 3. The van der Waals surface area contributed by atoms with Crippen LogP contribution in [0.4, 0.5) is 14.5 Å². The summed E-state index contributed by atoms with van der Waals surface area (Å²) in [6.45, 7) is -0.172. The lowest BCUT2D eigenvalue weighted by Gasteiger charge is -2.11. The highest BCUT2D eigenvalue weighted by Gasteiger charge is 2.27. The van der Waals surface area contributed by atoms with Crippen molar-refractivity contribution in [1.29, 1.82) is 0 Å². The van der Waals surface area contributed by atoms with Gasteiger partial charge in [-0.05, 0) is 48.0 Å². The van der Waals surface area contributed by atoms with Crippen LogP contribution in [0.5, 0.6) is 5.75 Å². The largest absolute Gasteiger partial charge is 0.487 e. The minimum Gasteiger partial charge on any atom is -0.420 e. The van der Waals surface area contributed by atoms with E-state index in [9.17, 15) is 22.0 Å². The van der Waals surface area contributed by atoms with Gasteiger partial charge in [0, 0.05) is 39.4 Å². The normalized spacial score (nSPS) is 12.0. The van der Waals surface area contributed by atoms with Gasteiger partial charge in [0.05, 0.1) is 10.6 Å².